The van der Waals surface area contributed by atoms with Crippen LogP contribution in [0.5, 0.6) is 0 Å². The van der Waals surface area contributed by atoms with Crippen LogP contribution in [0.4, 0.5) is 0 Å². The van der Waals surface area contributed by atoms with Crippen molar-refractivity contribution in [1.82, 2.24) is 9.55 Å². The minimum atomic E-state index is -3.08. The highest BCUT2D eigenvalue weighted by Crippen LogP contribution is 2.28. The first-order chi connectivity index (χ1) is 8.83. The summed E-state index contributed by atoms with van der Waals surface area (Å²) in [5.41, 5.74) is 1.46. The van der Waals surface area contributed by atoms with Gasteiger partial charge in [0.25, 0.3) is 0 Å². The fourth-order valence-electron chi connectivity index (χ4n) is 2.23. The lowest BCUT2D eigenvalue weighted by Gasteiger charge is -2.16. The third-order valence-electron chi connectivity index (χ3n) is 2.85. The first-order valence-corrected chi connectivity index (χ1v) is 8.70. The Morgan fingerprint density at radius 3 is 2.68 bits per heavy atom. The predicted octanol–water partition coefficient (Wildman–Crippen LogP) is 3.03. The molecule has 0 spiro atoms. The van der Waals surface area contributed by atoms with E-state index in [2.05, 4.69) is 4.98 Å². The maximum atomic E-state index is 11.4. The monoisotopic (exact) mass is 320 g/mol. The molecule has 0 saturated heterocycles. The summed E-state index contributed by atoms with van der Waals surface area (Å²) in [7, 11) is -3.08. The number of imidazole rings is 1. The molecule has 0 radical (unpaired) electrons. The standard InChI is InChI=1S/C12H14Cl2N2O2S/c1-8(7-19(2,17)18)16-10-5-3-4-9(14)12(10)15-11(16)6-13/h3-5,8H,6-7H2,1-2H3. The summed E-state index contributed by atoms with van der Waals surface area (Å²) >= 11 is 12.0. The summed E-state index contributed by atoms with van der Waals surface area (Å²) in [6, 6.07) is 5.18. The molecular formula is C12H14Cl2N2O2S. The highest BCUT2D eigenvalue weighted by Gasteiger charge is 2.19. The Morgan fingerprint density at radius 1 is 1.42 bits per heavy atom. The van der Waals surface area contributed by atoms with Gasteiger partial charge >= 0.3 is 0 Å². The Bertz CT molecular complexity index is 710. The topological polar surface area (TPSA) is 52.0 Å². The van der Waals surface area contributed by atoms with Crippen LogP contribution in [-0.2, 0) is 15.7 Å². The maximum absolute atomic E-state index is 11.4. The van der Waals surface area contributed by atoms with Crippen LogP contribution in [0.2, 0.25) is 5.02 Å². The molecule has 0 saturated carbocycles. The third kappa shape index (κ3) is 3.04. The van der Waals surface area contributed by atoms with Crippen LogP contribution >= 0.6 is 23.2 Å². The molecule has 104 valence electrons. The van der Waals surface area contributed by atoms with Gasteiger partial charge in [-0.05, 0) is 19.1 Å². The number of hydrogen-bond acceptors (Lipinski definition) is 3. The van der Waals surface area contributed by atoms with Crippen LogP contribution in [0.15, 0.2) is 18.2 Å². The average Bonchev–Trinajstić information content (AvgIpc) is 2.66. The highest BCUT2D eigenvalue weighted by atomic mass is 35.5. The lowest BCUT2D eigenvalue weighted by Crippen LogP contribution is -2.18. The molecule has 19 heavy (non-hydrogen) atoms. The Hall–Kier alpha value is -0.780. The highest BCUT2D eigenvalue weighted by molar-refractivity contribution is 7.90. The van der Waals surface area contributed by atoms with E-state index in [0.717, 1.165) is 5.52 Å². The molecule has 7 heteroatoms. The molecule has 1 aromatic heterocycles. The zero-order valence-electron chi connectivity index (χ0n) is 10.6. The van der Waals surface area contributed by atoms with Gasteiger partial charge in [0.2, 0.25) is 0 Å². The molecule has 1 aromatic carbocycles. The van der Waals surface area contributed by atoms with Crippen LogP contribution in [0.1, 0.15) is 18.8 Å². The molecule has 0 N–H and O–H groups in total. The zero-order valence-corrected chi connectivity index (χ0v) is 12.9. The van der Waals surface area contributed by atoms with E-state index >= 15 is 0 Å². The fourth-order valence-corrected chi connectivity index (χ4v) is 3.66. The number of alkyl halides is 1. The normalized spacial score (nSPS) is 13.9. The molecule has 2 rings (SSSR count). The molecule has 0 aliphatic carbocycles. The SMILES string of the molecule is CC(CS(C)(=O)=O)n1c(CCl)nc2c(Cl)cccc21. The maximum Gasteiger partial charge on any atom is 0.149 e. The minimum absolute atomic E-state index is 0.0366. The molecule has 0 aliphatic heterocycles. The number of benzene rings is 1. The molecule has 1 atom stereocenters. The van der Waals surface area contributed by atoms with Crippen molar-refractivity contribution in [2.24, 2.45) is 0 Å². The van der Waals surface area contributed by atoms with Gasteiger partial charge in [0.15, 0.2) is 0 Å². The van der Waals surface area contributed by atoms with E-state index in [0.29, 0.717) is 16.4 Å². The Morgan fingerprint density at radius 2 is 2.11 bits per heavy atom. The van der Waals surface area contributed by atoms with Crippen LogP contribution in [0.25, 0.3) is 11.0 Å². The number of rotatable bonds is 4. The molecule has 0 amide bonds. The number of nitrogens with zero attached hydrogens (tertiary/aromatic N) is 2. The number of sulfone groups is 1. The second-order valence-electron chi connectivity index (χ2n) is 4.58. The molecule has 1 unspecified atom stereocenters. The van der Waals surface area contributed by atoms with Gasteiger partial charge in [-0.3, -0.25) is 0 Å². The largest absolute Gasteiger partial charge is 0.323 e. The van der Waals surface area contributed by atoms with Crippen molar-refractivity contribution in [1.29, 1.82) is 0 Å². The number of fused-ring (bicyclic) bond motifs is 1. The van der Waals surface area contributed by atoms with E-state index in [-0.39, 0.29) is 17.7 Å². The van der Waals surface area contributed by atoms with E-state index in [9.17, 15) is 8.42 Å². The van der Waals surface area contributed by atoms with Crippen molar-refractivity contribution in [3.05, 3.63) is 29.0 Å². The van der Waals surface area contributed by atoms with Crippen molar-refractivity contribution < 1.29 is 8.42 Å². The van der Waals surface area contributed by atoms with Gasteiger partial charge in [0.05, 0.1) is 22.2 Å². The summed E-state index contributed by atoms with van der Waals surface area (Å²) in [6.07, 6.45) is 1.22. The van der Waals surface area contributed by atoms with E-state index in [1.807, 2.05) is 23.6 Å². The third-order valence-corrected chi connectivity index (χ3v) is 4.48. The van der Waals surface area contributed by atoms with Crippen LogP contribution in [0, 0.1) is 0 Å². The lowest BCUT2D eigenvalue weighted by molar-refractivity contribution is 0.561. The van der Waals surface area contributed by atoms with E-state index in [1.54, 1.807) is 6.07 Å². The summed E-state index contributed by atoms with van der Waals surface area (Å²) in [4.78, 5) is 4.39. The number of aromatic nitrogens is 2. The van der Waals surface area contributed by atoms with Crippen molar-refractivity contribution in [2.75, 3.05) is 12.0 Å². The minimum Gasteiger partial charge on any atom is -0.323 e. The average molecular weight is 321 g/mol. The fraction of sp³-hybridized carbons (Fsp3) is 0.417. The summed E-state index contributed by atoms with van der Waals surface area (Å²) in [5, 5.41) is 0.536. The molecule has 1 heterocycles. The van der Waals surface area contributed by atoms with Crippen molar-refractivity contribution in [3.8, 4) is 0 Å². The van der Waals surface area contributed by atoms with E-state index in [4.69, 9.17) is 23.2 Å². The first kappa shape index (κ1) is 14.6. The van der Waals surface area contributed by atoms with Gasteiger partial charge in [-0.15, -0.1) is 11.6 Å². The summed E-state index contributed by atoms with van der Waals surface area (Å²) < 4.78 is 24.7. The van der Waals surface area contributed by atoms with E-state index in [1.165, 1.54) is 6.26 Å². The van der Waals surface area contributed by atoms with Gasteiger partial charge in [-0.1, -0.05) is 17.7 Å². The van der Waals surface area contributed by atoms with Crippen LogP contribution < -0.4 is 0 Å². The van der Waals surface area contributed by atoms with Crippen molar-refractivity contribution >= 4 is 44.1 Å². The smallest absolute Gasteiger partial charge is 0.149 e. The molecule has 0 bridgehead atoms. The number of para-hydroxylation sites is 1. The molecule has 0 aliphatic rings. The molecular weight excluding hydrogens is 307 g/mol. The predicted molar refractivity (Wildman–Crippen MR) is 78.7 cm³/mol. The van der Waals surface area contributed by atoms with Gasteiger partial charge in [0.1, 0.15) is 21.2 Å². The Labute approximate surface area is 122 Å². The van der Waals surface area contributed by atoms with Gasteiger partial charge in [0, 0.05) is 12.3 Å². The summed E-state index contributed by atoms with van der Waals surface area (Å²) in [5.74, 6) is 0.870. The summed E-state index contributed by atoms with van der Waals surface area (Å²) in [6.45, 7) is 1.83. The second kappa shape index (κ2) is 5.31. The second-order valence-corrected chi connectivity index (χ2v) is 7.44. The number of halogens is 2. The van der Waals surface area contributed by atoms with E-state index < -0.39 is 9.84 Å². The lowest BCUT2D eigenvalue weighted by atomic mass is 10.3. The van der Waals surface area contributed by atoms with Gasteiger partial charge < -0.3 is 4.57 Å². The molecule has 0 fully saturated rings. The van der Waals surface area contributed by atoms with Gasteiger partial charge in [-0.25, -0.2) is 13.4 Å². The van der Waals surface area contributed by atoms with Crippen molar-refractivity contribution in [2.45, 2.75) is 18.8 Å². The van der Waals surface area contributed by atoms with Crippen molar-refractivity contribution in [3.63, 3.8) is 0 Å². The van der Waals surface area contributed by atoms with Gasteiger partial charge in [-0.2, -0.15) is 0 Å². The zero-order chi connectivity index (χ0) is 14.2. The Balaban J connectivity index is 2.61. The molecule has 4 nitrogen and oxygen atoms in total. The first-order valence-electron chi connectivity index (χ1n) is 5.72. The van der Waals surface area contributed by atoms with Crippen LogP contribution in [0.3, 0.4) is 0 Å². The van der Waals surface area contributed by atoms with Crippen LogP contribution in [-0.4, -0.2) is 30.0 Å². The quantitative estimate of drug-likeness (QED) is 0.813. The number of hydrogen-bond donors (Lipinski definition) is 0. The molecule has 2 aromatic rings. The Kier molecular flexibility index (Phi) is 4.08.